The zero-order valence-electron chi connectivity index (χ0n) is 9.31. The molecule has 1 aliphatic rings. The second-order valence-electron chi connectivity index (χ2n) is 4.28. The Hall–Kier alpha value is -1.20. The number of halogens is 1. The lowest BCUT2D eigenvalue weighted by Gasteiger charge is -2.07. The average molecular weight is 293 g/mol. The predicted molar refractivity (Wildman–Crippen MR) is 68.9 cm³/mol. The van der Waals surface area contributed by atoms with Gasteiger partial charge in [0.05, 0.1) is 5.69 Å². The predicted octanol–water partition coefficient (Wildman–Crippen LogP) is 2.28. The van der Waals surface area contributed by atoms with Gasteiger partial charge in [-0.2, -0.15) is 5.10 Å². The van der Waals surface area contributed by atoms with Crippen molar-refractivity contribution in [3.63, 3.8) is 0 Å². The molecule has 17 heavy (non-hydrogen) atoms. The van der Waals surface area contributed by atoms with Crippen LogP contribution in [0.15, 0.2) is 35.3 Å². The molecule has 1 N–H and O–H groups in total. The Kier molecular flexibility index (Phi) is 2.94. The third-order valence-corrected chi connectivity index (χ3v) is 3.49. The van der Waals surface area contributed by atoms with Crippen LogP contribution in [0.4, 0.5) is 0 Å². The normalized spacial score (nSPS) is 15.1. The van der Waals surface area contributed by atoms with Crippen LogP contribution < -0.4 is 5.32 Å². The number of nitrogens with zero attached hydrogens (tertiary/aromatic N) is 3. The highest BCUT2D eigenvalue weighted by Gasteiger charge is 2.19. The lowest BCUT2D eigenvalue weighted by molar-refractivity contribution is 0.687. The summed E-state index contributed by atoms with van der Waals surface area (Å²) in [5.74, 6) is 0. The van der Waals surface area contributed by atoms with Gasteiger partial charge in [-0.25, -0.2) is 9.67 Å². The number of hydrogen-bond acceptors (Lipinski definition) is 3. The molecule has 0 atom stereocenters. The Labute approximate surface area is 108 Å². The van der Waals surface area contributed by atoms with Crippen LogP contribution in [0.25, 0.3) is 5.69 Å². The van der Waals surface area contributed by atoms with Crippen molar-refractivity contribution in [2.45, 2.75) is 25.4 Å². The highest BCUT2D eigenvalue weighted by atomic mass is 79.9. The summed E-state index contributed by atoms with van der Waals surface area (Å²) >= 11 is 3.57. The van der Waals surface area contributed by atoms with E-state index >= 15 is 0 Å². The molecule has 0 saturated heterocycles. The monoisotopic (exact) mass is 292 g/mol. The largest absolute Gasteiger partial charge is 0.310 e. The van der Waals surface area contributed by atoms with E-state index in [0.717, 1.165) is 22.7 Å². The first-order chi connectivity index (χ1) is 8.33. The molecule has 1 saturated carbocycles. The van der Waals surface area contributed by atoms with Crippen LogP contribution in [-0.2, 0) is 6.54 Å². The van der Waals surface area contributed by atoms with Crippen LogP contribution in [0.2, 0.25) is 0 Å². The number of rotatable bonds is 4. The molecule has 0 bridgehead atoms. The van der Waals surface area contributed by atoms with E-state index in [9.17, 15) is 0 Å². The van der Waals surface area contributed by atoms with Crippen LogP contribution in [0.1, 0.15) is 18.4 Å². The van der Waals surface area contributed by atoms with E-state index in [0.29, 0.717) is 0 Å². The fourth-order valence-corrected chi connectivity index (χ4v) is 2.34. The second-order valence-corrected chi connectivity index (χ2v) is 5.14. The maximum Gasteiger partial charge on any atom is 0.138 e. The van der Waals surface area contributed by atoms with Gasteiger partial charge >= 0.3 is 0 Å². The molecule has 1 heterocycles. The third-order valence-electron chi connectivity index (χ3n) is 2.85. The summed E-state index contributed by atoms with van der Waals surface area (Å²) in [6.45, 7) is 0.931. The van der Waals surface area contributed by atoms with Crippen molar-refractivity contribution in [1.29, 1.82) is 0 Å². The van der Waals surface area contributed by atoms with E-state index < -0.39 is 0 Å². The molecule has 2 aromatic rings. The van der Waals surface area contributed by atoms with E-state index in [1.54, 1.807) is 11.0 Å². The van der Waals surface area contributed by atoms with Gasteiger partial charge in [0.1, 0.15) is 12.7 Å². The minimum absolute atomic E-state index is 0.740. The van der Waals surface area contributed by atoms with Crippen molar-refractivity contribution < 1.29 is 0 Å². The maximum absolute atomic E-state index is 4.12. The molecule has 1 fully saturated rings. The Morgan fingerprint density at radius 3 is 2.94 bits per heavy atom. The second kappa shape index (κ2) is 4.58. The zero-order chi connectivity index (χ0) is 11.7. The molecule has 3 rings (SSSR count). The molecular weight excluding hydrogens is 280 g/mol. The highest BCUT2D eigenvalue weighted by molar-refractivity contribution is 9.10. The fraction of sp³-hybridized carbons (Fsp3) is 0.333. The van der Waals surface area contributed by atoms with Gasteiger partial charge in [-0.1, -0.05) is 6.07 Å². The van der Waals surface area contributed by atoms with Crippen LogP contribution in [0, 0.1) is 0 Å². The summed E-state index contributed by atoms with van der Waals surface area (Å²) in [7, 11) is 0. The van der Waals surface area contributed by atoms with Crippen molar-refractivity contribution in [2.75, 3.05) is 0 Å². The highest BCUT2D eigenvalue weighted by Crippen LogP contribution is 2.23. The average Bonchev–Trinajstić information content (AvgIpc) is 3.01. The lowest BCUT2D eigenvalue weighted by atomic mass is 10.2. The third kappa shape index (κ3) is 2.56. The van der Waals surface area contributed by atoms with E-state index in [1.165, 1.54) is 24.7 Å². The molecule has 0 aliphatic heterocycles. The Morgan fingerprint density at radius 2 is 2.29 bits per heavy atom. The number of benzene rings is 1. The number of aromatic nitrogens is 3. The Balaban J connectivity index is 1.78. The summed E-state index contributed by atoms with van der Waals surface area (Å²) in [4.78, 5) is 3.95. The molecule has 88 valence electrons. The molecule has 4 nitrogen and oxygen atoms in total. The molecule has 1 aromatic heterocycles. The van der Waals surface area contributed by atoms with Crippen LogP contribution >= 0.6 is 15.9 Å². The smallest absolute Gasteiger partial charge is 0.138 e. The van der Waals surface area contributed by atoms with Crippen LogP contribution in [0.3, 0.4) is 0 Å². The SMILES string of the molecule is Brc1cc(CNC2CC2)ccc1-n1cncn1. The van der Waals surface area contributed by atoms with Gasteiger partial charge in [0.25, 0.3) is 0 Å². The number of hydrogen-bond donors (Lipinski definition) is 1. The van der Waals surface area contributed by atoms with E-state index in [2.05, 4.69) is 49.5 Å². The maximum atomic E-state index is 4.12. The summed E-state index contributed by atoms with van der Waals surface area (Å²) in [6, 6.07) is 7.05. The van der Waals surface area contributed by atoms with Gasteiger partial charge in [0, 0.05) is 17.1 Å². The Morgan fingerprint density at radius 1 is 1.41 bits per heavy atom. The first kappa shape index (κ1) is 10.9. The van der Waals surface area contributed by atoms with Gasteiger partial charge in [0.15, 0.2) is 0 Å². The molecule has 5 heteroatoms. The first-order valence-corrected chi connectivity index (χ1v) is 6.49. The van der Waals surface area contributed by atoms with Gasteiger partial charge < -0.3 is 5.32 Å². The fourth-order valence-electron chi connectivity index (χ4n) is 1.73. The van der Waals surface area contributed by atoms with Gasteiger partial charge in [-0.15, -0.1) is 0 Å². The molecular formula is C12H13BrN4. The van der Waals surface area contributed by atoms with Crippen LogP contribution in [-0.4, -0.2) is 20.8 Å². The quantitative estimate of drug-likeness (QED) is 0.940. The molecule has 0 amide bonds. The minimum Gasteiger partial charge on any atom is -0.310 e. The van der Waals surface area contributed by atoms with Gasteiger partial charge in [0.2, 0.25) is 0 Å². The molecule has 0 radical (unpaired) electrons. The van der Waals surface area contributed by atoms with Crippen molar-refractivity contribution in [1.82, 2.24) is 20.1 Å². The summed E-state index contributed by atoms with van der Waals surface area (Å²) in [5, 5.41) is 7.62. The van der Waals surface area contributed by atoms with Crippen LogP contribution in [0.5, 0.6) is 0 Å². The Bertz CT molecular complexity index is 505. The van der Waals surface area contributed by atoms with Crippen molar-refractivity contribution in [2.24, 2.45) is 0 Å². The topological polar surface area (TPSA) is 42.7 Å². The number of nitrogens with one attached hydrogen (secondary N) is 1. The molecule has 0 spiro atoms. The standard InChI is InChI=1S/C12H13BrN4/c13-11-5-9(6-15-10-2-3-10)1-4-12(11)17-8-14-7-16-17/h1,4-5,7-8,10,15H,2-3,6H2. The summed E-state index contributed by atoms with van der Waals surface area (Å²) in [5.41, 5.74) is 2.30. The van der Waals surface area contributed by atoms with E-state index in [4.69, 9.17) is 0 Å². The van der Waals surface area contributed by atoms with E-state index in [1.807, 2.05) is 0 Å². The molecule has 1 aromatic carbocycles. The van der Waals surface area contributed by atoms with Crippen molar-refractivity contribution >= 4 is 15.9 Å². The molecule has 1 aliphatic carbocycles. The lowest BCUT2D eigenvalue weighted by Crippen LogP contribution is -2.15. The van der Waals surface area contributed by atoms with E-state index in [-0.39, 0.29) is 0 Å². The molecule has 0 unspecified atom stereocenters. The minimum atomic E-state index is 0.740. The van der Waals surface area contributed by atoms with Gasteiger partial charge in [-0.05, 0) is 46.5 Å². The van der Waals surface area contributed by atoms with Gasteiger partial charge in [-0.3, -0.25) is 0 Å². The van der Waals surface area contributed by atoms with Crippen molar-refractivity contribution in [3.8, 4) is 5.69 Å². The zero-order valence-corrected chi connectivity index (χ0v) is 10.9. The summed E-state index contributed by atoms with van der Waals surface area (Å²) < 4.78 is 2.79. The van der Waals surface area contributed by atoms with Crippen molar-refractivity contribution in [3.05, 3.63) is 40.9 Å². The summed E-state index contributed by atoms with van der Waals surface area (Å²) in [6.07, 6.45) is 5.87. The first-order valence-electron chi connectivity index (χ1n) is 5.70.